The maximum absolute atomic E-state index is 12.5. The summed E-state index contributed by atoms with van der Waals surface area (Å²) in [5.74, 6) is 0.433. The van der Waals surface area contributed by atoms with Gasteiger partial charge in [-0.15, -0.1) is 0 Å². The van der Waals surface area contributed by atoms with Gasteiger partial charge < -0.3 is 9.73 Å². The van der Waals surface area contributed by atoms with Gasteiger partial charge in [0.1, 0.15) is 5.52 Å². The van der Waals surface area contributed by atoms with Gasteiger partial charge in [0, 0.05) is 22.9 Å². The standard InChI is InChI=1S/C23H20N2O2/c1-14-5-4-6-18(11-14)23-25-20-10-9-19(13-21(20)27-23)24-22(26)17-8-7-15(2)16(3)12-17/h4-13H,1-3H3,(H,24,26). The summed E-state index contributed by atoms with van der Waals surface area (Å²) >= 11 is 0. The average Bonchev–Trinajstić information content (AvgIpc) is 3.07. The number of carbonyl (C=O) groups excluding carboxylic acids is 1. The highest BCUT2D eigenvalue weighted by molar-refractivity contribution is 6.05. The second-order valence-electron chi connectivity index (χ2n) is 6.82. The summed E-state index contributed by atoms with van der Waals surface area (Å²) in [6, 6.07) is 19.2. The van der Waals surface area contributed by atoms with E-state index in [1.54, 1.807) is 6.07 Å². The number of fused-ring (bicyclic) bond motifs is 1. The van der Waals surface area contributed by atoms with Crippen LogP contribution in [0.4, 0.5) is 5.69 Å². The van der Waals surface area contributed by atoms with Gasteiger partial charge in [0.2, 0.25) is 5.89 Å². The molecule has 1 aromatic heterocycles. The van der Waals surface area contributed by atoms with Crippen LogP contribution >= 0.6 is 0 Å². The van der Waals surface area contributed by atoms with Gasteiger partial charge in [-0.3, -0.25) is 4.79 Å². The summed E-state index contributed by atoms with van der Waals surface area (Å²) in [7, 11) is 0. The van der Waals surface area contributed by atoms with Gasteiger partial charge in [0.05, 0.1) is 0 Å². The largest absolute Gasteiger partial charge is 0.436 e. The van der Waals surface area contributed by atoms with E-state index in [9.17, 15) is 4.79 Å². The Bertz CT molecular complexity index is 1160. The third-order valence-electron chi connectivity index (χ3n) is 4.68. The van der Waals surface area contributed by atoms with Crippen LogP contribution in [0.25, 0.3) is 22.6 Å². The molecule has 4 rings (SSSR count). The first-order chi connectivity index (χ1) is 13.0. The molecule has 0 unspecified atom stereocenters. The van der Waals surface area contributed by atoms with Gasteiger partial charge in [-0.25, -0.2) is 4.98 Å². The van der Waals surface area contributed by atoms with E-state index in [-0.39, 0.29) is 5.91 Å². The van der Waals surface area contributed by atoms with Crippen molar-refractivity contribution in [1.82, 2.24) is 4.98 Å². The van der Waals surface area contributed by atoms with Gasteiger partial charge in [-0.1, -0.05) is 23.8 Å². The molecule has 0 spiro atoms. The first kappa shape index (κ1) is 17.0. The van der Waals surface area contributed by atoms with Gasteiger partial charge in [-0.05, 0) is 68.3 Å². The van der Waals surface area contributed by atoms with E-state index >= 15 is 0 Å². The summed E-state index contributed by atoms with van der Waals surface area (Å²) in [6.45, 7) is 6.06. The zero-order valence-electron chi connectivity index (χ0n) is 15.5. The number of anilines is 1. The molecule has 0 atom stereocenters. The van der Waals surface area contributed by atoms with Crippen molar-refractivity contribution in [2.45, 2.75) is 20.8 Å². The Hall–Kier alpha value is -3.40. The number of amides is 1. The molecule has 4 aromatic rings. The highest BCUT2D eigenvalue weighted by Crippen LogP contribution is 2.27. The number of hydrogen-bond donors (Lipinski definition) is 1. The Morgan fingerprint density at radius 1 is 0.926 bits per heavy atom. The van der Waals surface area contributed by atoms with Crippen LogP contribution in [0.5, 0.6) is 0 Å². The fraction of sp³-hybridized carbons (Fsp3) is 0.130. The number of oxazole rings is 1. The molecule has 4 heteroatoms. The number of aryl methyl sites for hydroxylation is 3. The molecule has 0 bridgehead atoms. The Morgan fingerprint density at radius 2 is 1.78 bits per heavy atom. The number of rotatable bonds is 3. The summed E-state index contributed by atoms with van der Waals surface area (Å²) in [6.07, 6.45) is 0. The lowest BCUT2D eigenvalue weighted by atomic mass is 10.1. The topological polar surface area (TPSA) is 55.1 Å². The molecule has 0 aliphatic heterocycles. The van der Waals surface area contributed by atoms with E-state index in [0.717, 1.165) is 22.2 Å². The molecule has 1 N–H and O–H groups in total. The zero-order valence-corrected chi connectivity index (χ0v) is 15.5. The van der Waals surface area contributed by atoms with Crippen LogP contribution in [0.3, 0.4) is 0 Å². The first-order valence-corrected chi connectivity index (χ1v) is 8.86. The van der Waals surface area contributed by atoms with Gasteiger partial charge in [0.15, 0.2) is 5.58 Å². The summed E-state index contributed by atoms with van der Waals surface area (Å²) in [5, 5.41) is 2.93. The molecule has 27 heavy (non-hydrogen) atoms. The van der Waals surface area contributed by atoms with E-state index in [4.69, 9.17) is 4.42 Å². The fourth-order valence-electron chi connectivity index (χ4n) is 2.99. The van der Waals surface area contributed by atoms with E-state index < -0.39 is 0 Å². The number of nitrogens with zero attached hydrogens (tertiary/aromatic N) is 1. The normalized spacial score (nSPS) is 10.9. The van der Waals surface area contributed by atoms with Crippen LogP contribution in [0.1, 0.15) is 27.0 Å². The Morgan fingerprint density at radius 3 is 2.56 bits per heavy atom. The average molecular weight is 356 g/mol. The molecule has 1 heterocycles. The minimum absolute atomic E-state index is 0.143. The van der Waals surface area contributed by atoms with Crippen molar-refractivity contribution < 1.29 is 9.21 Å². The molecule has 0 fully saturated rings. The Labute approximate surface area is 157 Å². The number of aromatic nitrogens is 1. The van der Waals surface area contributed by atoms with Gasteiger partial charge in [-0.2, -0.15) is 0 Å². The zero-order chi connectivity index (χ0) is 19.0. The number of nitrogens with one attached hydrogen (secondary N) is 1. The van der Waals surface area contributed by atoms with Crippen LogP contribution in [0.2, 0.25) is 0 Å². The highest BCUT2D eigenvalue weighted by atomic mass is 16.3. The Balaban J connectivity index is 1.61. The molecule has 3 aromatic carbocycles. The van der Waals surface area contributed by atoms with Crippen molar-refractivity contribution in [2.24, 2.45) is 0 Å². The number of benzene rings is 3. The van der Waals surface area contributed by atoms with Crippen LogP contribution in [-0.4, -0.2) is 10.9 Å². The SMILES string of the molecule is Cc1cccc(-c2nc3ccc(NC(=O)c4ccc(C)c(C)c4)cc3o2)c1. The van der Waals surface area contributed by atoms with E-state index in [0.29, 0.717) is 22.7 Å². The molecule has 134 valence electrons. The summed E-state index contributed by atoms with van der Waals surface area (Å²) in [4.78, 5) is 17.1. The van der Waals surface area contributed by atoms with E-state index in [2.05, 4.69) is 10.3 Å². The van der Waals surface area contributed by atoms with Crippen LogP contribution in [0, 0.1) is 20.8 Å². The van der Waals surface area contributed by atoms with E-state index in [1.165, 1.54) is 5.56 Å². The van der Waals surface area contributed by atoms with Crippen molar-refractivity contribution in [2.75, 3.05) is 5.32 Å². The van der Waals surface area contributed by atoms with E-state index in [1.807, 2.05) is 75.4 Å². The van der Waals surface area contributed by atoms with Crippen LogP contribution in [-0.2, 0) is 0 Å². The van der Waals surface area contributed by atoms with Crippen molar-refractivity contribution in [3.05, 3.63) is 82.9 Å². The highest BCUT2D eigenvalue weighted by Gasteiger charge is 2.11. The predicted octanol–water partition coefficient (Wildman–Crippen LogP) is 5.67. The van der Waals surface area contributed by atoms with Crippen LogP contribution in [0.15, 0.2) is 65.1 Å². The number of hydrogen-bond acceptors (Lipinski definition) is 3. The predicted molar refractivity (Wildman–Crippen MR) is 108 cm³/mol. The lowest BCUT2D eigenvalue weighted by molar-refractivity contribution is 0.102. The third kappa shape index (κ3) is 3.47. The molecule has 0 aliphatic rings. The van der Waals surface area contributed by atoms with Gasteiger partial charge in [0.25, 0.3) is 5.91 Å². The molecule has 0 aliphatic carbocycles. The smallest absolute Gasteiger partial charge is 0.255 e. The monoisotopic (exact) mass is 356 g/mol. The lowest BCUT2D eigenvalue weighted by Crippen LogP contribution is -2.12. The Kier molecular flexibility index (Phi) is 4.24. The second kappa shape index (κ2) is 6.72. The first-order valence-electron chi connectivity index (χ1n) is 8.86. The lowest BCUT2D eigenvalue weighted by Gasteiger charge is -2.07. The molecule has 0 saturated carbocycles. The molecule has 0 radical (unpaired) electrons. The molecular weight excluding hydrogens is 336 g/mol. The van der Waals surface area contributed by atoms with Crippen molar-refractivity contribution in [3.63, 3.8) is 0 Å². The maximum Gasteiger partial charge on any atom is 0.255 e. The van der Waals surface area contributed by atoms with Crippen molar-refractivity contribution >= 4 is 22.7 Å². The minimum atomic E-state index is -0.143. The molecule has 1 amide bonds. The van der Waals surface area contributed by atoms with Gasteiger partial charge >= 0.3 is 0 Å². The van der Waals surface area contributed by atoms with Crippen molar-refractivity contribution in [1.29, 1.82) is 0 Å². The minimum Gasteiger partial charge on any atom is -0.436 e. The number of carbonyl (C=O) groups is 1. The summed E-state index contributed by atoms with van der Waals surface area (Å²) < 4.78 is 5.91. The molecular formula is C23H20N2O2. The summed E-state index contributed by atoms with van der Waals surface area (Å²) in [5.41, 5.74) is 7.06. The van der Waals surface area contributed by atoms with Crippen LogP contribution < -0.4 is 5.32 Å². The van der Waals surface area contributed by atoms with Crippen molar-refractivity contribution in [3.8, 4) is 11.5 Å². The second-order valence-corrected chi connectivity index (χ2v) is 6.82. The third-order valence-corrected chi connectivity index (χ3v) is 4.68. The quantitative estimate of drug-likeness (QED) is 0.514. The fourth-order valence-corrected chi connectivity index (χ4v) is 2.99. The molecule has 4 nitrogen and oxygen atoms in total. The maximum atomic E-state index is 12.5. The molecule has 0 saturated heterocycles.